The summed E-state index contributed by atoms with van der Waals surface area (Å²) in [7, 11) is 0. The van der Waals surface area contributed by atoms with E-state index in [4.69, 9.17) is 15.3 Å². The molecule has 2 aliphatic carbocycles. The van der Waals surface area contributed by atoms with Crippen molar-refractivity contribution in [1.29, 1.82) is 0 Å². The van der Waals surface area contributed by atoms with E-state index in [9.17, 15) is 5.21 Å². The lowest BCUT2D eigenvalue weighted by molar-refractivity contribution is 0.285. The second-order valence-electron chi connectivity index (χ2n) is 9.88. The molecule has 0 bridgehead atoms. The number of nitrogens with one attached hydrogen (secondary N) is 2. The number of oxime groups is 1. The third-order valence-corrected chi connectivity index (χ3v) is 7.49. The van der Waals surface area contributed by atoms with Gasteiger partial charge in [0.1, 0.15) is 16.9 Å². The minimum Gasteiger partial charge on any atom is -0.409 e. The third kappa shape index (κ3) is 4.87. The van der Waals surface area contributed by atoms with E-state index in [-0.39, 0.29) is 17.7 Å². The summed E-state index contributed by atoms with van der Waals surface area (Å²) in [5.74, 6) is 2.49. The SMILES string of the molecule is Cc1nonc1CNc1nc2nc(/C(N)=N/O)nc(N[C@H](C)C3CCC3)c2n1CC1CCCCC1. The summed E-state index contributed by atoms with van der Waals surface area (Å²) in [4.78, 5) is 14.0. The van der Waals surface area contributed by atoms with Crippen molar-refractivity contribution in [2.24, 2.45) is 22.7 Å². The fraction of sp³-hybridized carbons (Fsp3) is 0.652. The van der Waals surface area contributed by atoms with Crippen molar-refractivity contribution in [1.82, 2.24) is 29.8 Å². The number of aromatic nitrogens is 6. The van der Waals surface area contributed by atoms with Gasteiger partial charge >= 0.3 is 0 Å². The summed E-state index contributed by atoms with van der Waals surface area (Å²) in [6.45, 7) is 5.28. The quantitative estimate of drug-likeness (QED) is 0.154. The molecule has 0 saturated heterocycles. The van der Waals surface area contributed by atoms with Crippen LogP contribution < -0.4 is 16.4 Å². The summed E-state index contributed by atoms with van der Waals surface area (Å²) in [5.41, 5.74) is 8.67. The Labute approximate surface area is 203 Å². The summed E-state index contributed by atoms with van der Waals surface area (Å²) in [5, 5.41) is 27.2. The first-order chi connectivity index (χ1) is 17.0. The lowest BCUT2D eigenvalue weighted by Gasteiger charge is -2.32. The van der Waals surface area contributed by atoms with Crippen molar-refractivity contribution in [2.45, 2.75) is 84.3 Å². The van der Waals surface area contributed by atoms with E-state index in [1.54, 1.807) is 0 Å². The molecule has 12 nitrogen and oxygen atoms in total. The minimum absolute atomic E-state index is 0.146. The maximum absolute atomic E-state index is 9.26. The molecule has 188 valence electrons. The minimum atomic E-state index is -0.146. The normalized spacial score (nSPS) is 18.5. The van der Waals surface area contributed by atoms with Crippen LogP contribution in [0.2, 0.25) is 0 Å². The Bertz CT molecular complexity index is 1190. The maximum Gasteiger partial charge on any atom is 0.208 e. The second kappa shape index (κ2) is 10.0. The van der Waals surface area contributed by atoms with E-state index < -0.39 is 0 Å². The van der Waals surface area contributed by atoms with Gasteiger partial charge < -0.3 is 26.1 Å². The van der Waals surface area contributed by atoms with Gasteiger partial charge in [-0.25, -0.2) is 14.6 Å². The summed E-state index contributed by atoms with van der Waals surface area (Å²) in [6.07, 6.45) is 9.84. The van der Waals surface area contributed by atoms with Gasteiger partial charge in [-0.15, -0.1) is 0 Å². The first kappa shape index (κ1) is 23.3. The second-order valence-corrected chi connectivity index (χ2v) is 9.88. The van der Waals surface area contributed by atoms with Gasteiger partial charge in [-0.3, -0.25) is 0 Å². The molecule has 1 atom stereocenters. The topological polar surface area (TPSA) is 165 Å². The van der Waals surface area contributed by atoms with Crippen LogP contribution >= 0.6 is 0 Å². The molecular weight excluding hydrogens is 448 g/mol. The van der Waals surface area contributed by atoms with Crippen LogP contribution in [0.3, 0.4) is 0 Å². The van der Waals surface area contributed by atoms with Crippen LogP contribution in [-0.4, -0.2) is 46.9 Å². The fourth-order valence-corrected chi connectivity index (χ4v) is 5.08. The maximum atomic E-state index is 9.26. The molecule has 0 amide bonds. The summed E-state index contributed by atoms with van der Waals surface area (Å²) < 4.78 is 7.03. The highest BCUT2D eigenvalue weighted by Crippen LogP contribution is 2.34. The number of rotatable bonds is 9. The smallest absolute Gasteiger partial charge is 0.208 e. The number of nitrogens with two attached hydrogens (primary N) is 1. The van der Waals surface area contributed by atoms with Crippen molar-refractivity contribution < 1.29 is 9.84 Å². The van der Waals surface area contributed by atoms with Gasteiger partial charge in [0, 0.05) is 12.6 Å². The number of nitrogens with zero attached hydrogens (tertiary/aromatic N) is 7. The molecule has 0 unspecified atom stereocenters. The zero-order chi connectivity index (χ0) is 24.4. The molecular formula is C23H34N10O2. The van der Waals surface area contributed by atoms with E-state index >= 15 is 0 Å². The van der Waals surface area contributed by atoms with E-state index in [0.717, 1.165) is 23.4 Å². The number of fused-ring (bicyclic) bond motifs is 1. The van der Waals surface area contributed by atoms with Crippen molar-refractivity contribution in [2.75, 3.05) is 10.6 Å². The average molecular weight is 483 g/mol. The van der Waals surface area contributed by atoms with E-state index in [0.29, 0.717) is 35.8 Å². The van der Waals surface area contributed by atoms with Crippen LogP contribution in [0.1, 0.15) is 75.5 Å². The van der Waals surface area contributed by atoms with E-state index in [2.05, 4.69) is 47.6 Å². The largest absolute Gasteiger partial charge is 0.409 e. The molecule has 5 N–H and O–H groups in total. The van der Waals surface area contributed by atoms with Gasteiger partial charge in [-0.1, -0.05) is 41.2 Å². The van der Waals surface area contributed by atoms with Gasteiger partial charge in [-0.2, -0.15) is 4.98 Å². The fourth-order valence-electron chi connectivity index (χ4n) is 5.08. The van der Waals surface area contributed by atoms with E-state index in [1.165, 1.54) is 51.4 Å². The van der Waals surface area contributed by atoms with Gasteiger partial charge in [-0.05, 0) is 51.4 Å². The molecule has 2 fully saturated rings. The Morgan fingerprint density at radius 2 is 1.94 bits per heavy atom. The van der Waals surface area contributed by atoms with Crippen molar-refractivity contribution in [3.63, 3.8) is 0 Å². The Hall–Kier alpha value is -3.44. The van der Waals surface area contributed by atoms with Crippen LogP contribution in [0.25, 0.3) is 11.2 Å². The number of anilines is 2. The Morgan fingerprint density at radius 1 is 1.14 bits per heavy atom. The number of amidine groups is 1. The molecule has 5 rings (SSSR count). The predicted molar refractivity (Wildman–Crippen MR) is 131 cm³/mol. The molecule has 0 aromatic carbocycles. The molecule has 0 spiro atoms. The zero-order valence-electron chi connectivity index (χ0n) is 20.4. The first-order valence-corrected chi connectivity index (χ1v) is 12.6. The highest BCUT2D eigenvalue weighted by atomic mass is 16.6. The van der Waals surface area contributed by atoms with E-state index in [1.807, 2.05) is 6.92 Å². The lowest BCUT2D eigenvalue weighted by Crippen LogP contribution is -2.32. The van der Waals surface area contributed by atoms with Gasteiger partial charge in [0.15, 0.2) is 11.5 Å². The Kier molecular flexibility index (Phi) is 6.69. The summed E-state index contributed by atoms with van der Waals surface area (Å²) in [6, 6.07) is 0.236. The number of imidazole rings is 1. The van der Waals surface area contributed by atoms with Crippen LogP contribution in [-0.2, 0) is 13.1 Å². The average Bonchev–Trinajstić information content (AvgIpc) is 3.39. The Morgan fingerprint density at radius 3 is 2.60 bits per heavy atom. The molecule has 0 radical (unpaired) electrons. The molecule has 0 aliphatic heterocycles. The van der Waals surface area contributed by atoms with Crippen LogP contribution in [0, 0.1) is 18.8 Å². The number of hydrogen-bond donors (Lipinski definition) is 4. The molecule has 3 aromatic rings. The highest BCUT2D eigenvalue weighted by molar-refractivity contribution is 5.97. The molecule has 3 heterocycles. The standard InChI is InChI=1S/C23H34N10O2/c1-13(16-9-6-10-16)26-20-18-21(28-22(27-20)19(24)30-34)29-23(25-11-17-14(2)31-35-32-17)33(18)12-15-7-4-3-5-8-15/h13,15-16,34H,3-12H2,1-2H3,(H2,24,30)(H2,25,26,27,28,29)/t13-/m1/s1. The summed E-state index contributed by atoms with van der Waals surface area (Å²) >= 11 is 0. The van der Waals surface area contributed by atoms with Crippen molar-refractivity contribution in [3.05, 3.63) is 17.2 Å². The molecule has 35 heavy (non-hydrogen) atoms. The molecule has 2 saturated carbocycles. The Balaban J connectivity index is 1.57. The van der Waals surface area contributed by atoms with Crippen LogP contribution in [0.5, 0.6) is 0 Å². The van der Waals surface area contributed by atoms with Gasteiger partial charge in [0.05, 0.1) is 6.54 Å². The molecule has 12 heteroatoms. The van der Waals surface area contributed by atoms with Gasteiger partial charge in [0.2, 0.25) is 17.6 Å². The number of aryl methyl sites for hydroxylation is 1. The molecule has 2 aliphatic rings. The van der Waals surface area contributed by atoms with Crippen molar-refractivity contribution >= 4 is 28.8 Å². The zero-order valence-corrected chi connectivity index (χ0v) is 20.4. The highest BCUT2D eigenvalue weighted by Gasteiger charge is 2.28. The monoisotopic (exact) mass is 482 g/mol. The first-order valence-electron chi connectivity index (χ1n) is 12.6. The third-order valence-electron chi connectivity index (χ3n) is 7.49. The predicted octanol–water partition coefficient (Wildman–Crippen LogP) is 3.41. The van der Waals surface area contributed by atoms with Crippen LogP contribution in [0.4, 0.5) is 11.8 Å². The lowest BCUT2D eigenvalue weighted by atomic mass is 9.80. The number of hydrogen-bond acceptors (Lipinski definition) is 10. The molecule has 3 aromatic heterocycles. The van der Waals surface area contributed by atoms with Crippen molar-refractivity contribution in [3.8, 4) is 0 Å². The van der Waals surface area contributed by atoms with Gasteiger partial charge in [0.25, 0.3) is 0 Å². The van der Waals surface area contributed by atoms with Crippen LogP contribution in [0.15, 0.2) is 9.78 Å².